The second kappa shape index (κ2) is 5.65. The average molecular weight is 317 g/mol. The van der Waals surface area contributed by atoms with Gasteiger partial charge >= 0.3 is 0 Å². The number of nitrogens with zero attached hydrogens (tertiary/aromatic N) is 2. The molecule has 0 aromatic rings. The summed E-state index contributed by atoms with van der Waals surface area (Å²) in [6.45, 7) is 10.8. The number of alkyl halides is 1. The molecule has 0 aliphatic carbocycles. The van der Waals surface area contributed by atoms with Crippen LogP contribution in [-0.4, -0.2) is 39.6 Å². The highest BCUT2D eigenvalue weighted by atomic mass is 35.5. The summed E-state index contributed by atoms with van der Waals surface area (Å²) >= 11 is 18.4. The highest BCUT2D eigenvalue weighted by Crippen LogP contribution is 2.39. The van der Waals surface area contributed by atoms with Crippen molar-refractivity contribution in [3.05, 3.63) is 0 Å². The lowest BCUT2D eigenvalue weighted by molar-refractivity contribution is -0.928. The van der Waals surface area contributed by atoms with E-state index < -0.39 is 0 Å². The van der Waals surface area contributed by atoms with Crippen LogP contribution in [0.15, 0.2) is 0 Å². The second-order valence-corrected chi connectivity index (χ2v) is 8.63. The number of hydrogen-bond acceptors (Lipinski definition) is 1. The first-order valence-electron chi connectivity index (χ1n) is 6.59. The zero-order chi connectivity index (χ0) is 14.2. The van der Waals surface area contributed by atoms with Crippen LogP contribution in [-0.2, 0) is 0 Å². The molecule has 1 heterocycles. The first-order chi connectivity index (χ1) is 7.99. The lowest BCUT2D eigenvalue weighted by Crippen LogP contribution is -2.57. The lowest BCUT2D eigenvalue weighted by Gasteiger charge is -2.48. The molecule has 0 spiro atoms. The molecule has 1 saturated heterocycles. The molecule has 1 aliphatic heterocycles. The Bertz CT molecular complexity index is 292. The van der Waals surface area contributed by atoms with Crippen LogP contribution in [0.3, 0.4) is 0 Å². The van der Waals surface area contributed by atoms with Gasteiger partial charge < -0.3 is 4.48 Å². The van der Waals surface area contributed by atoms with Gasteiger partial charge in [-0.05, 0) is 42.8 Å². The maximum atomic E-state index is 6.61. The van der Waals surface area contributed by atoms with E-state index in [0.29, 0.717) is 5.41 Å². The normalized spacial score (nSPS) is 32.8. The van der Waals surface area contributed by atoms with E-state index in [-0.39, 0.29) is 11.0 Å². The fourth-order valence-electron chi connectivity index (χ4n) is 2.34. The van der Waals surface area contributed by atoms with E-state index in [9.17, 15) is 0 Å². The molecule has 1 aliphatic rings. The Hall–Kier alpha value is 0.790. The third kappa shape index (κ3) is 4.14. The molecule has 1 rings (SSSR count). The fraction of sp³-hybridized carbons (Fsp3) is 1.00. The Morgan fingerprint density at radius 1 is 1.33 bits per heavy atom. The van der Waals surface area contributed by atoms with Gasteiger partial charge in [-0.3, -0.25) is 0 Å². The maximum Gasteiger partial charge on any atom is 0.165 e. The summed E-state index contributed by atoms with van der Waals surface area (Å²) in [6.07, 6.45) is 3.22. The number of halogens is 3. The van der Waals surface area contributed by atoms with Crippen LogP contribution in [0.5, 0.6) is 0 Å². The molecule has 108 valence electrons. The summed E-state index contributed by atoms with van der Waals surface area (Å²) in [6, 6.07) is 0. The first-order valence-corrected chi connectivity index (χ1v) is 7.70. The molecule has 0 saturated carbocycles. The summed E-state index contributed by atoms with van der Waals surface area (Å²) in [5.41, 5.74) is 0.335. The lowest BCUT2D eigenvalue weighted by atomic mass is 9.81. The molecule has 2 nitrogen and oxygen atoms in total. The first kappa shape index (κ1) is 16.8. The average Bonchev–Trinajstić information content (AvgIpc) is 2.21. The van der Waals surface area contributed by atoms with E-state index in [1.807, 2.05) is 0 Å². The van der Waals surface area contributed by atoms with Gasteiger partial charge in [0.15, 0.2) is 5.50 Å². The predicted molar refractivity (Wildman–Crippen MR) is 80.8 cm³/mol. The molecule has 0 N–H and O–H groups in total. The predicted octanol–water partition coefficient (Wildman–Crippen LogP) is 4.60. The molecule has 0 aromatic heterocycles. The van der Waals surface area contributed by atoms with E-state index in [0.717, 1.165) is 30.4 Å². The fourth-order valence-corrected chi connectivity index (χ4v) is 3.12. The molecule has 0 radical (unpaired) electrons. The van der Waals surface area contributed by atoms with Crippen molar-refractivity contribution in [2.24, 2.45) is 5.41 Å². The van der Waals surface area contributed by atoms with Crippen LogP contribution >= 0.6 is 35.2 Å². The summed E-state index contributed by atoms with van der Waals surface area (Å²) in [5, 5.41) is 0. The highest BCUT2D eigenvalue weighted by Gasteiger charge is 2.42. The monoisotopic (exact) mass is 315 g/mol. The molecular formula is C13H26Cl3N2+. The third-order valence-corrected chi connectivity index (χ3v) is 5.93. The minimum absolute atomic E-state index is 0.184. The van der Waals surface area contributed by atoms with Crippen molar-refractivity contribution in [2.75, 3.05) is 20.1 Å². The summed E-state index contributed by atoms with van der Waals surface area (Å²) < 4.78 is 2.17. The van der Waals surface area contributed by atoms with E-state index in [2.05, 4.69) is 34.7 Å². The molecule has 0 amide bonds. The van der Waals surface area contributed by atoms with Crippen molar-refractivity contribution in [2.45, 2.75) is 58.0 Å². The summed E-state index contributed by atoms with van der Waals surface area (Å²) in [4.78, 5) is 0. The van der Waals surface area contributed by atoms with Gasteiger partial charge in [0.05, 0.1) is 25.7 Å². The smallest absolute Gasteiger partial charge is 0.165 e. The van der Waals surface area contributed by atoms with Crippen molar-refractivity contribution in [3.63, 3.8) is 0 Å². The Morgan fingerprint density at radius 3 is 2.33 bits per heavy atom. The van der Waals surface area contributed by atoms with Gasteiger partial charge in [-0.15, -0.1) is 3.94 Å². The minimum atomic E-state index is -0.214. The number of quaternary nitrogens is 1. The number of piperidine rings is 1. The van der Waals surface area contributed by atoms with E-state index in [1.165, 1.54) is 10.4 Å². The van der Waals surface area contributed by atoms with Gasteiger partial charge in [0, 0.05) is 19.3 Å². The highest BCUT2D eigenvalue weighted by molar-refractivity contribution is 6.34. The van der Waals surface area contributed by atoms with Crippen molar-refractivity contribution < 1.29 is 4.48 Å². The topological polar surface area (TPSA) is 3.24 Å². The number of hydrogen-bond donors (Lipinski definition) is 0. The Morgan fingerprint density at radius 2 is 1.89 bits per heavy atom. The number of likely N-dealkylation sites (tertiary alicyclic amines) is 1. The van der Waals surface area contributed by atoms with Gasteiger partial charge in [-0.1, -0.05) is 25.4 Å². The Labute approximate surface area is 127 Å². The molecule has 0 bridgehead atoms. The zero-order valence-electron chi connectivity index (χ0n) is 12.1. The van der Waals surface area contributed by atoms with Crippen LogP contribution in [0.2, 0.25) is 0 Å². The quantitative estimate of drug-likeness (QED) is 0.317. The van der Waals surface area contributed by atoms with E-state index >= 15 is 0 Å². The van der Waals surface area contributed by atoms with E-state index in [4.69, 9.17) is 35.2 Å². The molecule has 2 atom stereocenters. The molecule has 0 aromatic carbocycles. The molecule has 18 heavy (non-hydrogen) atoms. The van der Waals surface area contributed by atoms with Crippen LogP contribution in [0, 0.1) is 5.41 Å². The van der Waals surface area contributed by atoms with Gasteiger partial charge in [0.1, 0.15) is 0 Å². The van der Waals surface area contributed by atoms with Gasteiger partial charge in [0.25, 0.3) is 0 Å². The maximum absolute atomic E-state index is 6.61. The van der Waals surface area contributed by atoms with Crippen molar-refractivity contribution in [1.82, 2.24) is 3.94 Å². The molecular weight excluding hydrogens is 291 g/mol. The van der Waals surface area contributed by atoms with Crippen LogP contribution in [0.25, 0.3) is 0 Å². The van der Waals surface area contributed by atoms with Crippen LogP contribution in [0.1, 0.15) is 47.0 Å². The van der Waals surface area contributed by atoms with Crippen LogP contribution in [0.4, 0.5) is 0 Å². The summed E-state index contributed by atoms with van der Waals surface area (Å²) in [5.74, 6) is 0. The van der Waals surface area contributed by atoms with Gasteiger partial charge in [-0.25, -0.2) is 0 Å². The minimum Gasteiger partial charge on any atom is -0.311 e. The van der Waals surface area contributed by atoms with Gasteiger partial charge in [0.2, 0.25) is 0 Å². The summed E-state index contributed by atoms with van der Waals surface area (Å²) in [7, 11) is 2.25. The van der Waals surface area contributed by atoms with Crippen molar-refractivity contribution in [3.8, 4) is 0 Å². The largest absolute Gasteiger partial charge is 0.311 e. The zero-order valence-corrected chi connectivity index (χ0v) is 14.4. The van der Waals surface area contributed by atoms with Crippen LogP contribution < -0.4 is 0 Å². The van der Waals surface area contributed by atoms with E-state index in [1.54, 1.807) is 0 Å². The number of rotatable bonds is 4. The molecule has 5 heteroatoms. The third-order valence-electron chi connectivity index (χ3n) is 4.39. The Kier molecular flexibility index (Phi) is 5.29. The molecule has 1 fully saturated rings. The van der Waals surface area contributed by atoms with Gasteiger partial charge in [-0.2, -0.15) is 0 Å². The second-order valence-electron chi connectivity index (χ2n) is 7.27. The SMILES string of the molecule is CC1(C)CC[N+](C)(CCC(C)(C)N(Cl)Cl)[C@@H](Cl)C1. The standard InChI is InChI=1S/C13H26Cl3N2/c1-12(2)6-8-18(5,11(14)10-12)9-7-13(3,4)17(15)16/h11H,6-10H2,1-5H3/q+1/t11-,18?/m1/s1. The molecule has 1 unspecified atom stereocenters. The van der Waals surface area contributed by atoms with Crippen molar-refractivity contribution >= 4 is 35.2 Å². The van der Waals surface area contributed by atoms with Crippen molar-refractivity contribution in [1.29, 1.82) is 0 Å². The Balaban J connectivity index is 2.61.